The molecule has 92 valence electrons. The van der Waals surface area contributed by atoms with Gasteiger partial charge in [0.2, 0.25) is 0 Å². The summed E-state index contributed by atoms with van der Waals surface area (Å²) in [5.74, 6) is -0.201. The molecule has 1 atom stereocenters. The SMILES string of the molecule is CC(O)Cc1cn(C(C)C)c2c(F)cccc12. The van der Waals surface area contributed by atoms with Gasteiger partial charge in [-0.3, -0.25) is 0 Å². The summed E-state index contributed by atoms with van der Waals surface area (Å²) in [4.78, 5) is 0. The van der Waals surface area contributed by atoms with Gasteiger partial charge in [-0.1, -0.05) is 12.1 Å². The van der Waals surface area contributed by atoms with Gasteiger partial charge in [0.1, 0.15) is 5.82 Å². The third kappa shape index (κ3) is 2.20. The van der Waals surface area contributed by atoms with E-state index in [-0.39, 0.29) is 11.9 Å². The molecule has 2 nitrogen and oxygen atoms in total. The van der Waals surface area contributed by atoms with Crippen LogP contribution in [0.4, 0.5) is 4.39 Å². The fraction of sp³-hybridized carbons (Fsp3) is 0.429. The minimum atomic E-state index is -0.413. The zero-order valence-electron chi connectivity index (χ0n) is 10.4. The smallest absolute Gasteiger partial charge is 0.147 e. The monoisotopic (exact) mass is 235 g/mol. The van der Waals surface area contributed by atoms with Gasteiger partial charge in [-0.25, -0.2) is 4.39 Å². The second-order valence-electron chi connectivity index (χ2n) is 4.84. The van der Waals surface area contributed by atoms with Crippen molar-refractivity contribution in [3.8, 4) is 0 Å². The van der Waals surface area contributed by atoms with Gasteiger partial charge in [-0.05, 0) is 32.4 Å². The number of rotatable bonds is 3. The molecule has 0 radical (unpaired) electrons. The van der Waals surface area contributed by atoms with Gasteiger partial charge >= 0.3 is 0 Å². The van der Waals surface area contributed by atoms with E-state index >= 15 is 0 Å². The van der Waals surface area contributed by atoms with Gasteiger partial charge in [0, 0.05) is 24.0 Å². The molecular formula is C14H18FNO. The van der Waals surface area contributed by atoms with E-state index in [2.05, 4.69) is 0 Å². The average molecular weight is 235 g/mol. The van der Waals surface area contributed by atoms with Gasteiger partial charge in [0.25, 0.3) is 0 Å². The van der Waals surface area contributed by atoms with E-state index < -0.39 is 6.10 Å². The average Bonchev–Trinajstić information content (AvgIpc) is 2.58. The molecule has 0 saturated carbocycles. The minimum Gasteiger partial charge on any atom is -0.393 e. The number of aliphatic hydroxyl groups is 1. The van der Waals surface area contributed by atoms with Crippen molar-refractivity contribution in [2.45, 2.75) is 39.3 Å². The van der Waals surface area contributed by atoms with Gasteiger partial charge in [-0.15, -0.1) is 0 Å². The molecule has 1 heterocycles. The maximum atomic E-state index is 13.9. The highest BCUT2D eigenvalue weighted by atomic mass is 19.1. The highest BCUT2D eigenvalue weighted by Crippen LogP contribution is 2.27. The first-order chi connectivity index (χ1) is 8.00. The summed E-state index contributed by atoms with van der Waals surface area (Å²) in [6.07, 6.45) is 2.09. The molecule has 0 aliphatic heterocycles. The van der Waals surface area contributed by atoms with E-state index in [1.54, 1.807) is 13.0 Å². The predicted molar refractivity (Wildman–Crippen MR) is 67.7 cm³/mol. The fourth-order valence-corrected chi connectivity index (χ4v) is 2.23. The molecule has 1 aromatic carbocycles. The van der Waals surface area contributed by atoms with Crippen molar-refractivity contribution in [2.75, 3.05) is 0 Å². The molecule has 3 heteroatoms. The van der Waals surface area contributed by atoms with Crippen molar-refractivity contribution in [2.24, 2.45) is 0 Å². The number of fused-ring (bicyclic) bond motifs is 1. The highest BCUT2D eigenvalue weighted by Gasteiger charge is 2.14. The van der Waals surface area contributed by atoms with Crippen molar-refractivity contribution < 1.29 is 9.50 Å². The molecule has 17 heavy (non-hydrogen) atoms. The first kappa shape index (κ1) is 12.1. The van der Waals surface area contributed by atoms with Crippen molar-refractivity contribution in [3.05, 3.63) is 35.8 Å². The van der Waals surface area contributed by atoms with Crippen molar-refractivity contribution >= 4 is 10.9 Å². The van der Waals surface area contributed by atoms with E-state index in [0.29, 0.717) is 11.9 Å². The quantitative estimate of drug-likeness (QED) is 0.867. The normalized spacial score (nSPS) is 13.5. The van der Waals surface area contributed by atoms with Crippen molar-refractivity contribution in [1.29, 1.82) is 0 Å². The Morgan fingerprint density at radius 2 is 2.00 bits per heavy atom. The first-order valence-electron chi connectivity index (χ1n) is 5.96. The summed E-state index contributed by atoms with van der Waals surface area (Å²) >= 11 is 0. The third-order valence-corrected chi connectivity index (χ3v) is 2.96. The summed E-state index contributed by atoms with van der Waals surface area (Å²) < 4.78 is 15.8. The second kappa shape index (κ2) is 4.49. The van der Waals surface area contributed by atoms with Crippen LogP contribution >= 0.6 is 0 Å². The molecule has 0 fully saturated rings. The summed E-state index contributed by atoms with van der Waals surface area (Å²) in [6.45, 7) is 5.80. The van der Waals surface area contributed by atoms with E-state index in [1.165, 1.54) is 6.07 Å². The first-order valence-corrected chi connectivity index (χ1v) is 5.96. The zero-order chi connectivity index (χ0) is 12.6. The molecule has 2 rings (SSSR count). The number of hydrogen-bond acceptors (Lipinski definition) is 1. The summed E-state index contributed by atoms with van der Waals surface area (Å²) in [5, 5.41) is 10.4. The van der Waals surface area contributed by atoms with E-state index in [9.17, 15) is 9.50 Å². The Morgan fingerprint density at radius 1 is 1.29 bits per heavy atom. The van der Waals surface area contributed by atoms with Crippen LogP contribution in [0.3, 0.4) is 0 Å². The molecule has 0 saturated heterocycles. The lowest BCUT2D eigenvalue weighted by Crippen LogP contribution is -2.03. The Labute approximate surface area is 101 Å². The maximum Gasteiger partial charge on any atom is 0.147 e. The number of nitrogens with zero attached hydrogens (tertiary/aromatic N) is 1. The number of aromatic nitrogens is 1. The van der Waals surface area contributed by atoms with Crippen LogP contribution in [0.1, 0.15) is 32.4 Å². The molecular weight excluding hydrogens is 217 g/mol. The number of aliphatic hydroxyl groups excluding tert-OH is 1. The molecule has 1 aromatic heterocycles. The molecule has 0 amide bonds. The largest absolute Gasteiger partial charge is 0.393 e. The topological polar surface area (TPSA) is 25.2 Å². The van der Waals surface area contributed by atoms with Crippen molar-refractivity contribution in [3.63, 3.8) is 0 Å². The lowest BCUT2D eigenvalue weighted by Gasteiger charge is -2.09. The number of benzene rings is 1. The number of hydrogen-bond donors (Lipinski definition) is 1. The number of para-hydroxylation sites is 1. The minimum absolute atomic E-state index is 0.201. The van der Waals surface area contributed by atoms with E-state index in [1.807, 2.05) is 30.7 Å². The van der Waals surface area contributed by atoms with Crippen LogP contribution in [-0.2, 0) is 6.42 Å². The zero-order valence-corrected chi connectivity index (χ0v) is 10.4. The molecule has 1 N–H and O–H groups in total. The van der Waals surface area contributed by atoms with Crippen LogP contribution in [0, 0.1) is 5.82 Å². The van der Waals surface area contributed by atoms with Gasteiger partial charge in [0.15, 0.2) is 0 Å². The van der Waals surface area contributed by atoms with Crippen LogP contribution in [0.2, 0.25) is 0 Å². The van der Waals surface area contributed by atoms with Gasteiger partial charge in [0.05, 0.1) is 11.6 Å². The second-order valence-corrected chi connectivity index (χ2v) is 4.84. The van der Waals surface area contributed by atoms with Crippen LogP contribution < -0.4 is 0 Å². The molecule has 0 bridgehead atoms. The van der Waals surface area contributed by atoms with Gasteiger partial charge in [-0.2, -0.15) is 0 Å². The van der Waals surface area contributed by atoms with Crippen LogP contribution in [-0.4, -0.2) is 15.8 Å². The van der Waals surface area contributed by atoms with Crippen LogP contribution in [0.15, 0.2) is 24.4 Å². The maximum absolute atomic E-state index is 13.9. The van der Waals surface area contributed by atoms with E-state index in [0.717, 1.165) is 10.9 Å². The van der Waals surface area contributed by atoms with E-state index in [4.69, 9.17) is 0 Å². The summed E-state index contributed by atoms with van der Waals surface area (Å²) in [6, 6.07) is 5.31. The van der Waals surface area contributed by atoms with Crippen LogP contribution in [0.25, 0.3) is 10.9 Å². The van der Waals surface area contributed by atoms with Gasteiger partial charge < -0.3 is 9.67 Å². The lowest BCUT2D eigenvalue weighted by atomic mass is 10.1. The molecule has 0 spiro atoms. The summed E-state index contributed by atoms with van der Waals surface area (Å²) in [7, 11) is 0. The third-order valence-electron chi connectivity index (χ3n) is 2.96. The highest BCUT2D eigenvalue weighted by molar-refractivity contribution is 5.84. The molecule has 0 aliphatic carbocycles. The Morgan fingerprint density at radius 3 is 2.59 bits per heavy atom. The van der Waals surface area contributed by atoms with Crippen LogP contribution in [0.5, 0.6) is 0 Å². The Kier molecular flexibility index (Phi) is 3.20. The summed E-state index contributed by atoms with van der Waals surface area (Å²) in [5.41, 5.74) is 1.64. The lowest BCUT2D eigenvalue weighted by molar-refractivity contribution is 0.196. The Hall–Kier alpha value is -1.35. The Bertz CT molecular complexity index is 528. The predicted octanol–water partition coefficient (Wildman–Crippen LogP) is 3.28. The molecule has 2 aromatic rings. The Balaban J connectivity index is 2.66. The molecule has 0 aliphatic rings. The molecule has 1 unspecified atom stereocenters. The number of halogens is 1. The standard InChI is InChI=1S/C14H18FNO/c1-9(2)16-8-11(7-10(3)17)12-5-4-6-13(15)14(12)16/h4-6,8-10,17H,7H2,1-3H3. The van der Waals surface area contributed by atoms with Crippen molar-refractivity contribution in [1.82, 2.24) is 4.57 Å². The fourth-order valence-electron chi connectivity index (χ4n) is 2.23.